The summed E-state index contributed by atoms with van der Waals surface area (Å²) < 4.78 is 13.9. The van der Waals surface area contributed by atoms with Gasteiger partial charge in [0.1, 0.15) is 5.82 Å². The molecule has 1 rings (SSSR count). The largest absolute Gasteiger partial charge is 0.323 e. The van der Waals surface area contributed by atoms with Gasteiger partial charge in [-0.2, -0.15) is 5.10 Å². The summed E-state index contributed by atoms with van der Waals surface area (Å²) in [6.07, 6.45) is 0. The minimum absolute atomic E-state index is 0.315. The molecule has 0 atom stereocenters. The summed E-state index contributed by atoms with van der Waals surface area (Å²) in [5.41, 5.74) is 0.903. The average Bonchev–Trinajstić information content (AvgIpc) is 2.08. The van der Waals surface area contributed by atoms with E-state index < -0.39 is 0 Å². The quantitative estimate of drug-likeness (QED) is 0.449. The number of hydrogen-bond acceptors (Lipinski definition) is 2. The number of rotatable bonds is 1. The molecule has 0 spiro atoms. The van der Waals surface area contributed by atoms with Crippen LogP contribution in [0.4, 0.5) is 4.39 Å². The Balaban J connectivity index is 3.23. The van der Waals surface area contributed by atoms with Gasteiger partial charge in [0.2, 0.25) is 0 Å². The lowest BCUT2D eigenvalue weighted by Gasteiger charge is -2.01. The van der Waals surface area contributed by atoms with Gasteiger partial charge in [0, 0.05) is 10.0 Å². The SMILES string of the molecule is C/C(=N\N)c1cc(Br)ccc1F. The van der Waals surface area contributed by atoms with Crippen molar-refractivity contribution >= 4 is 21.6 Å². The highest BCUT2D eigenvalue weighted by Crippen LogP contribution is 2.15. The van der Waals surface area contributed by atoms with Crippen LogP contribution in [0.2, 0.25) is 0 Å². The minimum atomic E-state index is -0.315. The number of hydrogen-bond donors (Lipinski definition) is 1. The van der Waals surface area contributed by atoms with Crippen LogP contribution in [0.3, 0.4) is 0 Å². The van der Waals surface area contributed by atoms with Crippen LogP contribution in [0.25, 0.3) is 0 Å². The molecule has 0 saturated heterocycles. The highest BCUT2D eigenvalue weighted by Gasteiger charge is 2.04. The number of hydrazone groups is 1. The smallest absolute Gasteiger partial charge is 0.132 e. The first kappa shape index (κ1) is 9.19. The normalized spacial score (nSPS) is 11.8. The van der Waals surface area contributed by atoms with Crippen LogP contribution < -0.4 is 5.84 Å². The predicted molar refractivity (Wildman–Crippen MR) is 50.5 cm³/mol. The standard InChI is InChI=1S/C8H8BrFN2/c1-5(12-11)7-4-6(9)2-3-8(7)10/h2-4H,11H2,1H3/b12-5+. The molecule has 0 aliphatic heterocycles. The molecule has 4 heteroatoms. The molecule has 0 unspecified atom stereocenters. The fourth-order valence-electron chi connectivity index (χ4n) is 0.844. The van der Waals surface area contributed by atoms with Gasteiger partial charge in [-0.15, -0.1) is 0 Å². The molecule has 0 bridgehead atoms. The predicted octanol–water partition coefficient (Wildman–Crippen LogP) is 2.27. The molecular formula is C8H8BrFN2. The van der Waals surface area contributed by atoms with Gasteiger partial charge in [-0.1, -0.05) is 15.9 Å². The van der Waals surface area contributed by atoms with Gasteiger partial charge in [-0.25, -0.2) is 4.39 Å². The van der Waals surface area contributed by atoms with Crippen LogP contribution in [-0.4, -0.2) is 5.71 Å². The summed E-state index contributed by atoms with van der Waals surface area (Å²) in [6.45, 7) is 1.66. The minimum Gasteiger partial charge on any atom is -0.323 e. The van der Waals surface area contributed by atoms with Gasteiger partial charge in [0.05, 0.1) is 5.71 Å². The summed E-state index contributed by atoms with van der Waals surface area (Å²) in [4.78, 5) is 0. The first-order valence-electron chi connectivity index (χ1n) is 3.35. The Morgan fingerprint density at radius 2 is 2.25 bits per heavy atom. The lowest BCUT2D eigenvalue weighted by Crippen LogP contribution is -2.01. The van der Waals surface area contributed by atoms with E-state index >= 15 is 0 Å². The van der Waals surface area contributed by atoms with E-state index in [2.05, 4.69) is 21.0 Å². The highest BCUT2D eigenvalue weighted by atomic mass is 79.9. The van der Waals surface area contributed by atoms with Gasteiger partial charge in [-0.05, 0) is 25.1 Å². The molecule has 0 radical (unpaired) electrons. The topological polar surface area (TPSA) is 38.4 Å². The third kappa shape index (κ3) is 1.82. The van der Waals surface area contributed by atoms with Crippen molar-refractivity contribution < 1.29 is 4.39 Å². The molecule has 12 heavy (non-hydrogen) atoms. The zero-order valence-electron chi connectivity index (χ0n) is 6.51. The van der Waals surface area contributed by atoms with E-state index in [0.717, 1.165) is 4.47 Å². The van der Waals surface area contributed by atoms with E-state index in [1.54, 1.807) is 19.1 Å². The van der Waals surface area contributed by atoms with Crippen molar-refractivity contribution in [3.05, 3.63) is 34.1 Å². The fraction of sp³-hybridized carbons (Fsp3) is 0.125. The first-order valence-corrected chi connectivity index (χ1v) is 4.14. The Morgan fingerprint density at radius 1 is 1.58 bits per heavy atom. The molecule has 1 aromatic rings. The lowest BCUT2D eigenvalue weighted by molar-refractivity contribution is 0.624. The van der Waals surface area contributed by atoms with Crippen molar-refractivity contribution in [1.82, 2.24) is 0 Å². The van der Waals surface area contributed by atoms with Gasteiger partial charge in [-0.3, -0.25) is 0 Å². The van der Waals surface area contributed by atoms with E-state index in [1.165, 1.54) is 6.07 Å². The second kappa shape index (κ2) is 3.67. The molecule has 0 amide bonds. The first-order chi connectivity index (χ1) is 5.65. The molecule has 64 valence electrons. The van der Waals surface area contributed by atoms with E-state index in [1.807, 2.05) is 0 Å². The van der Waals surface area contributed by atoms with E-state index in [4.69, 9.17) is 5.84 Å². The Morgan fingerprint density at radius 3 is 2.83 bits per heavy atom. The summed E-state index contributed by atoms with van der Waals surface area (Å²) in [5, 5.41) is 3.42. The Hall–Kier alpha value is -0.900. The summed E-state index contributed by atoms with van der Waals surface area (Å²) >= 11 is 3.23. The number of nitrogens with two attached hydrogens (primary N) is 1. The van der Waals surface area contributed by atoms with Gasteiger partial charge in [0.15, 0.2) is 0 Å². The molecule has 1 aromatic carbocycles. The van der Waals surface area contributed by atoms with Gasteiger partial charge >= 0.3 is 0 Å². The Labute approximate surface area is 78.4 Å². The molecular weight excluding hydrogens is 223 g/mol. The molecule has 0 aliphatic rings. The highest BCUT2D eigenvalue weighted by molar-refractivity contribution is 9.10. The van der Waals surface area contributed by atoms with E-state index in [0.29, 0.717) is 11.3 Å². The van der Waals surface area contributed by atoms with Crippen LogP contribution in [0, 0.1) is 5.82 Å². The third-order valence-electron chi connectivity index (χ3n) is 1.51. The average molecular weight is 231 g/mol. The van der Waals surface area contributed by atoms with Crippen LogP contribution in [0.15, 0.2) is 27.8 Å². The van der Waals surface area contributed by atoms with Crippen LogP contribution in [0.1, 0.15) is 12.5 Å². The zero-order chi connectivity index (χ0) is 9.14. The molecule has 0 saturated carbocycles. The van der Waals surface area contributed by atoms with E-state index in [9.17, 15) is 4.39 Å². The van der Waals surface area contributed by atoms with Crippen molar-refractivity contribution in [3.63, 3.8) is 0 Å². The maximum Gasteiger partial charge on any atom is 0.132 e. The Kier molecular flexibility index (Phi) is 2.81. The monoisotopic (exact) mass is 230 g/mol. The van der Waals surface area contributed by atoms with Crippen molar-refractivity contribution in [2.45, 2.75) is 6.92 Å². The molecule has 0 aromatic heterocycles. The summed E-state index contributed by atoms with van der Waals surface area (Å²) in [6, 6.07) is 4.64. The molecule has 0 aliphatic carbocycles. The van der Waals surface area contributed by atoms with Crippen molar-refractivity contribution in [2.75, 3.05) is 0 Å². The molecule has 2 N–H and O–H groups in total. The lowest BCUT2D eigenvalue weighted by atomic mass is 10.1. The van der Waals surface area contributed by atoms with Gasteiger partial charge in [0.25, 0.3) is 0 Å². The third-order valence-corrected chi connectivity index (χ3v) is 2.01. The number of nitrogens with zero attached hydrogens (tertiary/aromatic N) is 1. The van der Waals surface area contributed by atoms with E-state index in [-0.39, 0.29) is 5.82 Å². The van der Waals surface area contributed by atoms with Crippen molar-refractivity contribution in [1.29, 1.82) is 0 Å². The second-order valence-corrected chi connectivity index (χ2v) is 3.25. The van der Waals surface area contributed by atoms with Crippen molar-refractivity contribution in [3.8, 4) is 0 Å². The van der Waals surface area contributed by atoms with Crippen molar-refractivity contribution in [2.24, 2.45) is 10.9 Å². The molecule has 2 nitrogen and oxygen atoms in total. The molecule has 0 heterocycles. The summed E-state index contributed by atoms with van der Waals surface area (Å²) in [7, 11) is 0. The van der Waals surface area contributed by atoms with Crippen LogP contribution >= 0.6 is 15.9 Å². The second-order valence-electron chi connectivity index (χ2n) is 2.34. The van der Waals surface area contributed by atoms with Gasteiger partial charge < -0.3 is 5.84 Å². The Bertz CT molecular complexity index is 323. The van der Waals surface area contributed by atoms with Crippen LogP contribution in [-0.2, 0) is 0 Å². The number of halogens is 2. The molecule has 0 fully saturated rings. The van der Waals surface area contributed by atoms with Crippen LogP contribution in [0.5, 0.6) is 0 Å². The maximum absolute atomic E-state index is 13.0. The summed E-state index contributed by atoms with van der Waals surface area (Å²) in [5.74, 6) is 4.71. The maximum atomic E-state index is 13.0. The zero-order valence-corrected chi connectivity index (χ0v) is 8.10. The fourth-order valence-corrected chi connectivity index (χ4v) is 1.21. The number of benzene rings is 1.